The molecule has 0 aliphatic carbocycles. The zero-order valence-corrected chi connectivity index (χ0v) is 13.9. The van der Waals surface area contributed by atoms with Crippen molar-refractivity contribution in [3.63, 3.8) is 0 Å². The zero-order chi connectivity index (χ0) is 18.4. The minimum Gasteiger partial charge on any atom is -0.454 e. The Morgan fingerprint density at radius 1 is 1.20 bits per heavy atom. The van der Waals surface area contributed by atoms with Crippen LogP contribution in [-0.2, 0) is 29.4 Å². The standard InChI is InChI=1S/C16H19N3O6/c1-3-16(11-7-5-4-6-8-11)14(22)19(15(23)17-16)18-12(20)9-25-13(21)10-24-2/h4-8H,3,9-10H2,1-2H3,(H,17,23)(H,18,20)/t16-/m1/s1. The van der Waals surface area contributed by atoms with Gasteiger partial charge in [0.05, 0.1) is 0 Å². The van der Waals surface area contributed by atoms with E-state index < -0.39 is 36.0 Å². The Labute approximate surface area is 144 Å². The van der Waals surface area contributed by atoms with E-state index in [9.17, 15) is 19.2 Å². The molecule has 0 bridgehead atoms. The van der Waals surface area contributed by atoms with Gasteiger partial charge in [-0.25, -0.2) is 9.59 Å². The highest BCUT2D eigenvalue weighted by Crippen LogP contribution is 2.31. The van der Waals surface area contributed by atoms with E-state index in [1.54, 1.807) is 37.3 Å². The molecule has 1 aromatic rings. The molecule has 2 rings (SSSR count). The number of ether oxygens (including phenoxy) is 2. The number of hydrazine groups is 1. The predicted octanol–water partition coefficient (Wildman–Crippen LogP) is 0.0645. The minimum atomic E-state index is -1.25. The van der Waals surface area contributed by atoms with Crippen molar-refractivity contribution < 1.29 is 28.7 Å². The molecule has 0 spiro atoms. The number of carbonyl (C=O) groups excluding carboxylic acids is 4. The van der Waals surface area contributed by atoms with Gasteiger partial charge in [0, 0.05) is 7.11 Å². The molecule has 4 amide bonds. The lowest BCUT2D eigenvalue weighted by molar-refractivity contribution is -0.153. The quantitative estimate of drug-likeness (QED) is 0.532. The number of methoxy groups -OCH3 is 1. The van der Waals surface area contributed by atoms with Crippen molar-refractivity contribution in [1.82, 2.24) is 15.8 Å². The molecule has 25 heavy (non-hydrogen) atoms. The summed E-state index contributed by atoms with van der Waals surface area (Å²) in [5.74, 6) is -2.15. The van der Waals surface area contributed by atoms with E-state index in [0.717, 1.165) is 0 Å². The van der Waals surface area contributed by atoms with Crippen LogP contribution in [0.15, 0.2) is 30.3 Å². The highest BCUT2D eigenvalue weighted by molar-refractivity contribution is 6.08. The molecule has 2 N–H and O–H groups in total. The highest BCUT2D eigenvalue weighted by atomic mass is 16.6. The molecule has 0 aromatic heterocycles. The number of rotatable bonds is 7. The fraction of sp³-hybridized carbons (Fsp3) is 0.375. The van der Waals surface area contributed by atoms with Crippen molar-refractivity contribution in [2.45, 2.75) is 18.9 Å². The largest absolute Gasteiger partial charge is 0.454 e. The van der Waals surface area contributed by atoms with Crippen LogP contribution in [0.2, 0.25) is 0 Å². The van der Waals surface area contributed by atoms with Crippen LogP contribution in [0.4, 0.5) is 4.79 Å². The highest BCUT2D eigenvalue weighted by Gasteiger charge is 2.52. The third kappa shape index (κ3) is 3.77. The summed E-state index contributed by atoms with van der Waals surface area (Å²) < 4.78 is 9.20. The second-order valence-electron chi connectivity index (χ2n) is 5.32. The van der Waals surface area contributed by atoms with Gasteiger partial charge in [-0.05, 0) is 12.0 Å². The Bertz CT molecular complexity index is 678. The second-order valence-corrected chi connectivity index (χ2v) is 5.32. The Hall–Kier alpha value is -2.94. The van der Waals surface area contributed by atoms with Crippen molar-refractivity contribution in [3.05, 3.63) is 35.9 Å². The average molecular weight is 349 g/mol. The van der Waals surface area contributed by atoms with Gasteiger partial charge in [-0.15, -0.1) is 0 Å². The number of hydrogen-bond donors (Lipinski definition) is 2. The molecule has 0 radical (unpaired) electrons. The summed E-state index contributed by atoms with van der Waals surface area (Å²) in [6.45, 7) is 0.816. The van der Waals surface area contributed by atoms with Gasteiger partial charge in [0.15, 0.2) is 6.61 Å². The number of hydrogen-bond acceptors (Lipinski definition) is 6. The molecule has 134 valence electrons. The summed E-state index contributed by atoms with van der Waals surface area (Å²) in [4.78, 5) is 47.9. The van der Waals surface area contributed by atoms with Crippen LogP contribution in [0.1, 0.15) is 18.9 Å². The molecule has 0 saturated carbocycles. The maximum Gasteiger partial charge on any atom is 0.344 e. The molecule has 0 unspecified atom stereocenters. The lowest BCUT2D eigenvalue weighted by Gasteiger charge is -2.25. The van der Waals surface area contributed by atoms with E-state index in [-0.39, 0.29) is 6.61 Å². The van der Waals surface area contributed by atoms with E-state index in [1.807, 2.05) is 0 Å². The molecule has 1 fully saturated rings. The van der Waals surface area contributed by atoms with E-state index in [1.165, 1.54) is 7.11 Å². The maximum atomic E-state index is 12.7. The summed E-state index contributed by atoms with van der Waals surface area (Å²) in [5, 5.41) is 3.22. The fourth-order valence-electron chi connectivity index (χ4n) is 2.50. The average Bonchev–Trinajstić information content (AvgIpc) is 2.86. The van der Waals surface area contributed by atoms with Crippen molar-refractivity contribution >= 4 is 23.8 Å². The van der Waals surface area contributed by atoms with E-state index in [4.69, 9.17) is 0 Å². The summed E-state index contributed by atoms with van der Waals surface area (Å²) in [6, 6.07) is 7.99. The van der Waals surface area contributed by atoms with Crippen LogP contribution in [-0.4, -0.2) is 49.1 Å². The minimum absolute atomic E-state index is 0.302. The van der Waals surface area contributed by atoms with Gasteiger partial charge in [0.1, 0.15) is 12.1 Å². The number of nitrogens with one attached hydrogen (secondary N) is 2. The first-order valence-electron chi connectivity index (χ1n) is 7.61. The zero-order valence-electron chi connectivity index (χ0n) is 13.9. The first-order valence-corrected chi connectivity index (χ1v) is 7.61. The van der Waals surface area contributed by atoms with Crippen LogP contribution in [0.25, 0.3) is 0 Å². The number of benzene rings is 1. The number of nitrogens with zero attached hydrogens (tertiary/aromatic N) is 1. The maximum absolute atomic E-state index is 12.7. The van der Waals surface area contributed by atoms with Crippen molar-refractivity contribution in [2.75, 3.05) is 20.3 Å². The van der Waals surface area contributed by atoms with Crippen LogP contribution >= 0.6 is 0 Å². The molecule has 9 nitrogen and oxygen atoms in total. The SMILES string of the molecule is CC[C@]1(c2ccccc2)NC(=O)N(NC(=O)COC(=O)COC)C1=O. The Morgan fingerprint density at radius 2 is 1.88 bits per heavy atom. The van der Waals surface area contributed by atoms with E-state index in [2.05, 4.69) is 20.2 Å². The lowest BCUT2D eigenvalue weighted by Crippen LogP contribution is -2.49. The fourth-order valence-corrected chi connectivity index (χ4v) is 2.50. The third-order valence-electron chi connectivity index (χ3n) is 3.75. The topological polar surface area (TPSA) is 114 Å². The van der Waals surface area contributed by atoms with Crippen molar-refractivity contribution in [1.29, 1.82) is 0 Å². The van der Waals surface area contributed by atoms with Gasteiger partial charge in [-0.3, -0.25) is 15.0 Å². The summed E-state index contributed by atoms with van der Waals surface area (Å²) in [7, 11) is 1.31. The summed E-state index contributed by atoms with van der Waals surface area (Å²) in [5.41, 5.74) is 1.51. The normalized spacial score (nSPS) is 19.5. The molecule has 1 aliphatic rings. The predicted molar refractivity (Wildman–Crippen MR) is 84.8 cm³/mol. The number of urea groups is 1. The van der Waals surface area contributed by atoms with Gasteiger partial charge in [-0.2, -0.15) is 5.01 Å². The third-order valence-corrected chi connectivity index (χ3v) is 3.75. The van der Waals surface area contributed by atoms with Gasteiger partial charge in [-0.1, -0.05) is 37.3 Å². The number of esters is 1. The summed E-state index contributed by atoms with van der Waals surface area (Å²) >= 11 is 0. The van der Waals surface area contributed by atoms with Gasteiger partial charge < -0.3 is 14.8 Å². The number of amides is 4. The smallest absolute Gasteiger partial charge is 0.344 e. The molecule has 1 atom stereocenters. The first-order chi connectivity index (χ1) is 11.9. The molecular weight excluding hydrogens is 330 g/mol. The van der Waals surface area contributed by atoms with Crippen LogP contribution in [0.5, 0.6) is 0 Å². The first kappa shape index (κ1) is 18.4. The molecule has 9 heteroatoms. The van der Waals surface area contributed by atoms with E-state index in [0.29, 0.717) is 17.0 Å². The number of imide groups is 1. The van der Waals surface area contributed by atoms with Crippen LogP contribution in [0.3, 0.4) is 0 Å². The molecular formula is C16H19N3O6. The van der Waals surface area contributed by atoms with Crippen LogP contribution in [0, 0.1) is 0 Å². The monoisotopic (exact) mass is 349 g/mol. The van der Waals surface area contributed by atoms with E-state index >= 15 is 0 Å². The second kappa shape index (κ2) is 7.75. The summed E-state index contributed by atoms with van der Waals surface area (Å²) in [6.07, 6.45) is 0.302. The Morgan fingerprint density at radius 3 is 2.48 bits per heavy atom. The van der Waals surface area contributed by atoms with Gasteiger partial charge in [0.2, 0.25) is 0 Å². The Balaban J connectivity index is 2.08. The molecule has 1 aliphatic heterocycles. The molecule has 1 aromatic carbocycles. The molecule has 1 heterocycles. The van der Waals surface area contributed by atoms with Gasteiger partial charge >= 0.3 is 12.0 Å². The number of carbonyl (C=O) groups is 4. The van der Waals surface area contributed by atoms with Crippen molar-refractivity contribution in [3.8, 4) is 0 Å². The van der Waals surface area contributed by atoms with Crippen molar-refractivity contribution in [2.24, 2.45) is 0 Å². The van der Waals surface area contributed by atoms with Crippen LogP contribution < -0.4 is 10.7 Å². The molecule has 1 saturated heterocycles. The lowest BCUT2D eigenvalue weighted by atomic mass is 9.87. The Kier molecular flexibility index (Phi) is 5.71. The van der Waals surface area contributed by atoms with Gasteiger partial charge in [0.25, 0.3) is 11.8 Å².